The van der Waals surface area contributed by atoms with Crippen molar-refractivity contribution in [2.75, 3.05) is 11.5 Å². The SMILES string of the molecule is O=C(CCCSc1nnc(C2CC2)n1C1CC1)CSc1nnc(C2CC2)n1C1CC1. The first-order chi connectivity index (χ1) is 14.8. The summed E-state index contributed by atoms with van der Waals surface area (Å²) in [6.07, 6.45) is 11.5. The molecule has 4 aliphatic carbocycles. The van der Waals surface area contributed by atoms with Gasteiger partial charge in [0, 0.05) is 36.1 Å². The second kappa shape index (κ2) is 7.97. The van der Waals surface area contributed by atoms with Crippen LogP contribution in [-0.4, -0.2) is 46.8 Å². The van der Waals surface area contributed by atoms with Gasteiger partial charge in [0.05, 0.1) is 5.75 Å². The molecule has 0 spiro atoms. The molecule has 0 unspecified atom stereocenters. The number of Topliss-reactive ketones (excluding diaryl/α,β-unsaturated/α-hetero) is 1. The smallest absolute Gasteiger partial charge is 0.191 e. The molecule has 2 aromatic rings. The lowest BCUT2D eigenvalue weighted by molar-refractivity contribution is -0.116. The summed E-state index contributed by atoms with van der Waals surface area (Å²) in [6, 6.07) is 1.20. The number of hydrogen-bond donors (Lipinski definition) is 0. The Labute approximate surface area is 185 Å². The lowest BCUT2D eigenvalue weighted by Crippen LogP contribution is -2.06. The highest BCUT2D eigenvalue weighted by Crippen LogP contribution is 2.47. The van der Waals surface area contributed by atoms with E-state index in [1.165, 1.54) is 57.2 Å². The van der Waals surface area contributed by atoms with E-state index in [-0.39, 0.29) is 0 Å². The molecule has 0 saturated heterocycles. The van der Waals surface area contributed by atoms with Crippen LogP contribution in [0.4, 0.5) is 0 Å². The molecule has 160 valence electrons. The summed E-state index contributed by atoms with van der Waals surface area (Å²) in [6.45, 7) is 0. The summed E-state index contributed by atoms with van der Waals surface area (Å²) in [7, 11) is 0. The summed E-state index contributed by atoms with van der Waals surface area (Å²) in [5, 5.41) is 19.8. The number of thioether (sulfide) groups is 2. The molecule has 0 bridgehead atoms. The number of hydrogen-bond acceptors (Lipinski definition) is 7. The predicted molar refractivity (Wildman–Crippen MR) is 116 cm³/mol. The molecule has 0 aromatic carbocycles. The molecular formula is C21H28N6OS2. The van der Waals surface area contributed by atoms with Gasteiger partial charge >= 0.3 is 0 Å². The van der Waals surface area contributed by atoms with E-state index in [1.807, 2.05) is 0 Å². The molecule has 30 heavy (non-hydrogen) atoms. The highest BCUT2D eigenvalue weighted by molar-refractivity contribution is 7.99. The van der Waals surface area contributed by atoms with Crippen LogP contribution in [0, 0.1) is 0 Å². The van der Waals surface area contributed by atoms with Gasteiger partial charge in [0.25, 0.3) is 0 Å². The van der Waals surface area contributed by atoms with E-state index in [1.54, 1.807) is 23.5 Å². The van der Waals surface area contributed by atoms with Crippen molar-refractivity contribution >= 4 is 29.3 Å². The Kier molecular flexibility index (Phi) is 5.14. The van der Waals surface area contributed by atoms with Crippen molar-refractivity contribution < 1.29 is 4.79 Å². The van der Waals surface area contributed by atoms with E-state index in [0.29, 0.717) is 41.9 Å². The highest BCUT2D eigenvalue weighted by atomic mass is 32.2. The first-order valence-electron chi connectivity index (χ1n) is 11.4. The Morgan fingerprint density at radius 2 is 1.30 bits per heavy atom. The van der Waals surface area contributed by atoms with E-state index in [9.17, 15) is 4.79 Å². The van der Waals surface area contributed by atoms with Crippen molar-refractivity contribution in [3.63, 3.8) is 0 Å². The van der Waals surface area contributed by atoms with Crippen LogP contribution < -0.4 is 0 Å². The topological polar surface area (TPSA) is 78.5 Å². The molecule has 0 N–H and O–H groups in total. The molecule has 6 rings (SSSR count). The number of aromatic nitrogens is 6. The Bertz CT molecular complexity index is 939. The highest BCUT2D eigenvalue weighted by Gasteiger charge is 2.37. The molecule has 2 aromatic heterocycles. The van der Waals surface area contributed by atoms with Crippen LogP contribution in [0.3, 0.4) is 0 Å². The minimum Gasteiger partial charge on any atom is -0.303 e. The summed E-state index contributed by atoms with van der Waals surface area (Å²) in [5.41, 5.74) is 0. The van der Waals surface area contributed by atoms with Gasteiger partial charge in [-0.1, -0.05) is 23.5 Å². The normalized spacial score (nSPS) is 21.3. The van der Waals surface area contributed by atoms with E-state index >= 15 is 0 Å². The summed E-state index contributed by atoms with van der Waals surface area (Å²) >= 11 is 3.35. The van der Waals surface area contributed by atoms with Crippen LogP contribution in [0.1, 0.15) is 99.8 Å². The fourth-order valence-corrected chi connectivity index (χ4v) is 5.88. The predicted octanol–water partition coefficient (Wildman–Crippen LogP) is 4.53. The van der Waals surface area contributed by atoms with Crippen LogP contribution in [0.2, 0.25) is 0 Å². The number of nitrogens with zero attached hydrogens (tertiary/aromatic N) is 6. The van der Waals surface area contributed by atoms with E-state index < -0.39 is 0 Å². The maximum Gasteiger partial charge on any atom is 0.191 e. The van der Waals surface area contributed by atoms with Gasteiger partial charge in [0.1, 0.15) is 17.4 Å². The fourth-order valence-electron chi connectivity index (χ4n) is 4.02. The average molecular weight is 445 g/mol. The number of ketones is 1. The molecule has 2 heterocycles. The van der Waals surface area contributed by atoms with Crippen LogP contribution in [0.25, 0.3) is 0 Å². The Morgan fingerprint density at radius 3 is 1.80 bits per heavy atom. The monoisotopic (exact) mass is 444 g/mol. The summed E-state index contributed by atoms with van der Waals surface area (Å²) in [4.78, 5) is 12.4. The van der Waals surface area contributed by atoms with Gasteiger partial charge in [-0.2, -0.15) is 0 Å². The van der Waals surface area contributed by atoms with Gasteiger partial charge in [-0.25, -0.2) is 0 Å². The minimum atomic E-state index is 0.307. The lowest BCUT2D eigenvalue weighted by atomic mass is 10.2. The van der Waals surface area contributed by atoms with Gasteiger partial charge in [0.2, 0.25) is 0 Å². The number of carbonyl (C=O) groups is 1. The maximum absolute atomic E-state index is 12.4. The summed E-state index contributed by atoms with van der Waals surface area (Å²) < 4.78 is 4.72. The third kappa shape index (κ3) is 4.20. The van der Waals surface area contributed by atoms with Crippen molar-refractivity contribution in [1.82, 2.24) is 29.5 Å². The number of carbonyl (C=O) groups excluding carboxylic acids is 1. The molecule has 4 saturated carbocycles. The zero-order chi connectivity index (χ0) is 20.1. The Hall–Kier alpha value is -1.35. The molecule has 4 fully saturated rings. The lowest BCUT2D eigenvalue weighted by Gasteiger charge is -2.08. The van der Waals surface area contributed by atoms with Crippen LogP contribution in [0.15, 0.2) is 10.3 Å². The Balaban J connectivity index is 0.975. The molecule has 0 amide bonds. The van der Waals surface area contributed by atoms with E-state index in [4.69, 9.17) is 0 Å². The van der Waals surface area contributed by atoms with E-state index in [0.717, 1.165) is 28.3 Å². The van der Waals surface area contributed by atoms with Crippen LogP contribution in [-0.2, 0) is 4.79 Å². The van der Waals surface area contributed by atoms with Crippen molar-refractivity contribution in [1.29, 1.82) is 0 Å². The van der Waals surface area contributed by atoms with Gasteiger partial charge < -0.3 is 9.13 Å². The fraction of sp³-hybridized carbons (Fsp3) is 0.762. The van der Waals surface area contributed by atoms with Gasteiger partial charge in [-0.05, 0) is 57.8 Å². The first kappa shape index (κ1) is 19.3. The zero-order valence-electron chi connectivity index (χ0n) is 17.2. The first-order valence-corrected chi connectivity index (χ1v) is 13.4. The third-order valence-electron chi connectivity index (χ3n) is 6.28. The van der Waals surface area contributed by atoms with Gasteiger partial charge in [-0.15, -0.1) is 20.4 Å². The second-order valence-electron chi connectivity index (χ2n) is 9.21. The number of rotatable bonds is 12. The van der Waals surface area contributed by atoms with Crippen molar-refractivity contribution in [2.24, 2.45) is 0 Å². The molecule has 4 aliphatic rings. The largest absolute Gasteiger partial charge is 0.303 e. The minimum absolute atomic E-state index is 0.307. The molecule has 0 atom stereocenters. The van der Waals surface area contributed by atoms with Crippen LogP contribution in [0.5, 0.6) is 0 Å². The van der Waals surface area contributed by atoms with Crippen molar-refractivity contribution in [2.45, 2.75) is 98.4 Å². The molecule has 9 heteroatoms. The third-order valence-corrected chi connectivity index (χ3v) is 8.32. The van der Waals surface area contributed by atoms with Crippen LogP contribution >= 0.6 is 23.5 Å². The van der Waals surface area contributed by atoms with Gasteiger partial charge in [0.15, 0.2) is 10.3 Å². The van der Waals surface area contributed by atoms with Gasteiger partial charge in [-0.3, -0.25) is 4.79 Å². The van der Waals surface area contributed by atoms with Crippen molar-refractivity contribution in [3.05, 3.63) is 11.6 Å². The molecule has 0 aliphatic heterocycles. The average Bonchev–Trinajstić information content (AvgIpc) is 3.61. The second-order valence-corrected chi connectivity index (χ2v) is 11.2. The Morgan fingerprint density at radius 1 is 0.767 bits per heavy atom. The molecule has 0 radical (unpaired) electrons. The maximum atomic E-state index is 12.4. The molecule has 7 nitrogen and oxygen atoms in total. The molecular weight excluding hydrogens is 416 g/mol. The van der Waals surface area contributed by atoms with E-state index in [2.05, 4.69) is 29.5 Å². The summed E-state index contributed by atoms with van der Waals surface area (Å²) in [5.74, 6) is 5.36. The standard InChI is InChI=1S/C21H28N6OS2/c28-17(12-30-21-25-23-19(14-5-6-14)27(21)16-9-10-16)2-1-11-29-20-24-22-18(13-3-4-13)26(20)15-7-8-15/h13-16H,1-12H2. The quantitative estimate of drug-likeness (QED) is 0.351. The zero-order valence-corrected chi connectivity index (χ0v) is 18.8. The van der Waals surface area contributed by atoms with Crippen molar-refractivity contribution in [3.8, 4) is 0 Å².